The van der Waals surface area contributed by atoms with E-state index in [0.717, 1.165) is 25.3 Å². The fraction of sp³-hybridized carbons (Fsp3) is 0.647. The van der Waals surface area contributed by atoms with Crippen molar-refractivity contribution in [2.24, 2.45) is 0 Å². The third-order valence-corrected chi connectivity index (χ3v) is 3.23. The summed E-state index contributed by atoms with van der Waals surface area (Å²) >= 11 is 0. The van der Waals surface area contributed by atoms with Crippen LogP contribution in [0.1, 0.15) is 39.2 Å². The number of benzene rings is 1. The van der Waals surface area contributed by atoms with Crippen LogP contribution in [-0.2, 0) is 11.2 Å². The second-order valence-electron chi connectivity index (χ2n) is 5.08. The van der Waals surface area contributed by atoms with Crippen LogP contribution in [0.3, 0.4) is 0 Å². The van der Waals surface area contributed by atoms with Gasteiger partial charge in [0.15, 0.2) is 0 Å². The smallest absolute Gasteiger partial charge is 0.119 e. The highest BCUT2D eigenvalue weighted by atomic mass is 16.5. The Kier molecular flexibility index (Phi) is 9.09. The van der Waals surface area contributed by atoms with Crippen LogP contribution in [0.25, 0.3) is 0 Å². The third kappa shape index (κ3) is 7.51. The fourth-order valence-electron chi connectivity index (χ4n) is 1.99. The maximum atomic E-state index is 5.60. The van der Waals surface area contributed by atoms with Crippen LogP contribution in [-0.4, -0.2) is 32.4 Å². The quantitative estimate of drug-likeness (QED) is 0.630. The van der Waals surface area contributed by atoms with Crippen LogP contribution in [0.4, 0.5) is 0 Å². The van der Waals surface area contributed by atoms with Gasteiger partial charge in [0.05, 0.1) is 6.61 Å². The molecule has 0 aliphatic carbocycles. The first kappa shape index (κ1) is 17.0. The number of nitrogens with one attached hydrogen (secondary N) is 1. The SMILES string of the molecule is CCCNC(C)CCc1ccc(OCCOCC)cc1. The highest BCUT2D eigenvalue weighted by Crippen LogP contribution is 2.14. The van der Waals surface area contributed by atoms with E-state index in [-0.39, 0.29) is 0 Å². The van der Waals surface area contributed by atoms with Crippen molar-refractivity contribution >= 4 is 0 Å². The molecule has 1 unspecified atom stereocenters. The Labute approximate surface area is 123 Å². The Morgan fingerprint density at radius 1 is 1.10 bits per heavy atom. The minimum absolute atomic E-state index is 0.581. The first-order chi connectivity index (χ1) is 9.76. The average Bonchev–Trinajstić information content (AvgIpc) is 2.48. The molecule has 20 heavy (non-hydrogen) atoms. The van der Waals surface area contributed by atoms with Gasteiger partial charge in [-0.05, 0) is 57.4 Å². The van der Waals surface area contributed by atoms with Gasteiger partial charge in [0.25, 0.3) is 0 Å². The van der Waals surface area contributed by atoms with E-state index in [9.17, 15) is 0 Å². The molecule has 0 fully saturated rings. The van der Waals surface area contributed by atoms with Crippen molar-refractivity contribution < 1.29 is 9.47 Å². The minimum atomic E-state index is 0.581. The van der Waals surface area contributed by atoms with Crippen molar-refractivity contribution in [1.29, 1.82) is 0 Å². The molecule has 0 bridgehead atoms. The number of hydrogen-bond donors (Lipinski definition) is 1. The van der Waals surface area contributed by atoms with Crippen LogP contribution in [0, 0.1) is 0 Å². The molecule has 1 N–H and O–H groups in total. The molecule has 114 valence electrons. The molecular formula is C17H29NO2. The summed E-state index contributed by atoms with van der Waals surface area (Å²) in [5.74, 6) is 0.922. The van der Waals surface area contributed by atoms with Gasteiger partial charge in [0, 0.05) is 12.6 Å². The summed E-state index contributed by atoms with van der Waals surface area (Å²) in [6.45, 7) is 9.56. The zero-order chi connectivity index (χ0) is 14.6. The summed E-state index contributed by atoms with van der Waals surface area (Å²) < 4.78 is 10.8. The molecule has 1 aromatic rings. The van der Waals surface area contributed by atoms with Gasteiger partial charge < -0.3 is 14.8 Å². The summed E-state index contributed by atoms with van der Waals surface area (Å²) in [4.78, 5) is 0. The van der Waals surface area contributed by atoms with Gasteiger partial charge >= 0.3 is 0 Å². The van der Waals surface area contributed by atoms with Crippen LogP contribution < -0.4 is 10.1 Å². The normalized spacial score (nSPS) is 12.3. The molecule has 0 saturated heterocycles. The van der Waals surface area contributed by atoms with Crippen LogP contribution in [0.2, 0.25) is 0 Å². The summed E-state index contributed by atoms with van der Waals surface area (Å²) in [6.07, 6.45) is 3.47. The number of ether oxygens (including phenoxy) is 2. The molecular weight excluding hydrogens is 250 g/mol. The molecule has 1 rings (SSSR count). The van der Waals surface area contributed by atoms with Gasteiger partial charge in [-0.15, -0.1) is 0 Å². The Balaban J connectivity index is 2.24. The molecule has 0 radical (unpaired) electrons. The second-order valence-corrected chi connectivity index (χ2v) is 5.08. The van der Waals surface area contributed by atoms with E-state index < -0.39 is 0 Å². The van der Waals surface area contributed by atoms with Crippen LogP contribution in [0.5, 0.6) is 5.75 Å². The molecule has 0 aromatic heterocycles. The molecule has 0 saturated carbocycles. The van der Waals surface area contributed by atoms with Crippen molar-refractivity contribution in [3.63, 3.8) is 0 Å². The van der Waals surface area contributed by atoms with E-state index >= 15 is 0 Å². The molecule has 1 atom stereocenters. The standard InChI is InChI=1S/C17H29NO2/c1-4-12-18-15(3)6-7-16-8-10-17(11-9-16)20-14-13-19-5-2/h8-11,15,18H,4-7,12-14H2,1-3H3. The predicted molar refractivity (Wildman–Crippen MR) is 84.5 cm³/mol. The third-order valence-electron chi connectivity index (χ3n) is 3.23. The molecule has 0 heterocycles. The zero-order valence-corrected chi connectivity index (χ0v) is 13.2. The highest BCUT2D eigenvalue weighted by molar-refractivity contribution is 5.27. The van der Waals surface area contributed by atoms with Crippen molar-refractivity contribution in [2.45, 2.75) is 46.1 Å². The second kappa shape index (κ2) is 10.7. The summed E-state index contributed by atoms with van der Waals surface area (Å²) in [5.41, 5.74) is 1.37. The molecule has 3 heteroatoms. The van der Waals surface area contributed by atoms with Crippen LogP contribution in [0.15, 0.2) is 24.3 Å². The molecule has 0 aliphatic rings. The largest absolute Gasteiger partial charge is 0.491 e. The molecule has 0 amide bonds. The lowest BCUT2D eigenvalue weighted by Crippen LogP contribution is -2.27. The molecule has 0 aliphatic heterocycles. The van der Waals surface area contributed by atoms with E-state index in [1.54, 1.807) is 0 Å². The van der Waals surface area contributed by atoms with E-state index in [0.29, 0.717) is 19.3 Å². The number of aryl methyl sites for hydroxylation is 1. The van der Waals surface area contributed by atoms with Crippen molar-refractivity contribution in [3.05, 3.63) is 29.8 Å². The fourth-order valence-corrected chi connectivity index (χ4v) is 1.99. The summed E-state index contributed by atoms with van der Waals surface area (Å²) in [6, 6.07) is 8.99. The van der Waals surface area contributed by atoms with Crippen molar-refractivity contribution in [2.75, 3.05) is 26.4 Å². The zero-order valence-electron chi connectivity index (χ0n) is 13.2. The van der Waals surface area contributed by atoms with Gasteiger partial charge in [-0.2, -0.15) is 0 Å². The number of hydrogen-bond acceptors (Lipinski definition) is 3. The van der Waals surface area contributed by atoms with E-state index in [4.69, 9.17) is 9.47 Å². The van der Waals surface area contributed by atoms with Gasteiger partial charge in [-0.1, -0.05) is 19.1 Å². The first-order valence-corrected chi connectivity index (χ1v) is 7.79. The topological polar surface area (TPSA) is 30.5 Å². The van der Waals surface area contributed by atoms with Crippen LogP contribution >= 0.6 is 0 Å². The Hall–Kier alpha value is -1.06. The maximum Gasteiger partial charge on any atom is 0.119 e. The molecule has 1 aromatic carbocycles. The van der Waals surface area contributed by atoms with Gasteiger partial charge in [0.2, 0.25) is 0 Å². The molecule has 3 nitrogen and oxygen atoms in total. The first-order valence-electron chi connectivity index (χ1n) is 7.79. The predicted octanol–water partition coefficient (Wildman–Crippen LogP) is 3.42. The minimum Gasteiger partial charge on any atom is -0.491 e. The molecule has 0 spiro atoms. The summed E-state index contributed by atoms with van der Waals surface area (Å²) in [7, 11) is 0. The average molecular weight is 279 g/mol. The lowest BCUT2D eigenvalue weighted by molar-refractivity contribution is 0.110. The lowest BCUT2D eigenvalue weighted by Gasteiger charge is -2.13. The Bertz CT molecular complexity index is 337. The number of rotatable bonds is 11. The van der Waals surface area contributed by atoms with E-state index in [1.807, 2.05) is 19.1 Å². The highest BCUT2D eigenvalue weighted by Gasteiger charge is 2.02. The van der Waals surface area contributed by atoms with Gasteiger partial charge in [0.1, 0.15) is 12.4 Å². The lowest BCUT2D eigenvalue weighted by atomic mass is 10.1. The van der Waals surface area contributed by atoms with Gasteiger partial charge in [-0.25, -0.2) is 0 Å². The van der Waals surface area contributed by atoms with E-state index in [2.05, 4.69) is 31.3 Å². The van der Waals surface area contributed by atoms with Crippen molar-refractivity contribution in [1.82, 2.24) is 5.32 Å². The Morgan fingerprint density at radius 3 is 2.50 bits per heavy atom. The summed E-state index contributed by atoms with van der Waals surface area (Å²) in [5, 5.41) is 3.52. The Morgan fingerprint density at radius 2 is 1.85 bits per heavy atom. The maximum absolute atomic E-state index is 5.60. The van der Waals surface area contributed by atoms with E-state index in [1.165, 1.54) is 18.4 Å². The monoisotopic (exact) mass is 279 g/mol. The van der Waals surface area contributed by atoms with Crippen molar-refractivity contribution in [3.8, 4) is 5.75 Å². The van der Waals surface area contributed by atoms with Gasteiger partial charge in [-0.3, -0.25) is 0 Å².